The van der Waals surface area contributed by atoms with E-state index in [9.17, 15) is 4.79 Å². The molecular formula is C26H25Br2NO5. The third-order valence-corrected chi connectivity index (χ3v) is 5.95. The molecule has 34 heavy (non-hydrogen) atoms. The average Bonchev–Trinajstić information content (AvgIpc) is 2.82. The SMILES string of the molecule is CCOC(=O)C(C)O/N=C\c1cc(Br)c(Oc2ccc(OC)c(Cc3ccccc3)c2)c(Br)c1. The summed E-state index contributed by atoms with van der Waals surface area (Å²) < 4.78 is 18.1. The molecule has 0 bridgehead atoms. The van der Waals surface area contributed by atoms with Crippen LogP contribution in [0.5, 0.6) is 17.2 Å². The van der Waals surface area contributed by atoms with Crippen molar-refractivity contribution < 1.29 is 23.8 Å². The molecule has 178 valence electrons. The predicted molar refractivity (Wildman–Crippen MR) is 139 cm³/mol. The van der Waals surface area contributed by atoms with E-state index in [0.717, 1.165) is 32.2 Å². The minimum atomic E-state index is -0.786. The van der Waals surface area contributed by atoms with Gasteiger partial charge in [0.15, 0.2) is 5.75 Å². The summed E-state index contributed by atoms with van der Waals surface area (Å²) in [5.41, 5.74) is 2.96. The number of esters is 1. The highest BCUT2D eigenvalue weighted by molar-refractivity contribution is 9.11. The largest absolute Gasteiger partial charge is 0.496 e. The molecule has 0 saturated heterocycles. The number of nitrogens with zero attached hydrogens (tertiary/aromatic N) is 1. The van der Waals surface area contributed by atoms with E-state index in [2.05, 4.69) is 49.1 Å². The Morgan fingerprint density at radius 3 is 2.41 bits per heavy atom. The molecule has 3 rings (SSSR count). The van der Waals surface area contributed by atoms with Gasteiger partial charge in [-0.25, -0.2) is 4.79 Å². The Morgan fingerprint density at radius 2 is 1.76 bits per heavy atom. The summed E-state index contributed by atoms with van der Waals surface area (Å²) in [6.07, 6.45) is 1.45. The lowest BCUT2D eigenvalue weighted by atomic mass is 10.0. The Balaban J connectivity index is 1.75. The molecule has 6 nitrogen and oxygen atoms in total. The van der Waals surface area contributed by atoms with Crippen LogP contribution in [0.3, 0.4) is 0 Å². The van der Waals surface area contributed by atoms with E-state index in [4.69, 9.17) is 19.0 Å². The smallest absolute Gasteiger partial charge is 0.349 e. The Hall–Kier alpha value is -2.84. The van der Waals surface area contributed by atoms with Crippen molar-refractivity contribution in [2.45, 2.75) is 26.4 Å². The van der Waals surface area contributed by atoms with Crippen molar-refractivity contribution in [2.75, 3.05) is 13.7 Å². The number of carbonyl (C=O) groups is 1. The fourth-order valence-corrected chi connectivity index (χ4v) is 4.51. The maximum atomic E-state index is 11.6. The van der Waals surface area contributed by atoms with E-state index in [1.807, 2.05) is 48.5 Å². The molecule has 0 aliphatic rings. The average molecular weight is 591 g/mol. The van der Waals surface area contributed by atoms with Crippen LogP contribution in [0, 0.1) is 0 Å². The van der Waals surface area contributed by atoms with Gasteiger partial charge in [-0.1, -0.05) is 35.5 Å². The first-order valence-corrected chi connectivity index (χ1v) is 12.2. The Morgan fingerprint density at radius 1 is 1.06 bits per heavy atom. The molecule has 0 aliphatic carbocycles. The van der Waals surface area contributed by atoms with E-state index < -0.39 is 12.1 Å². The summed E-state index contributed by atoms with van der Waals surface area (Å²) in [4.78, 5) is 16.8. The van der Waals surface area contributed by atoms with E-state index >= 15 is 0 Å². The number of carbonyl (C=O) groups excluding carboxylic acids is 1. The number of hydrogen-bond donors (Lipinski definition) is 0. The Labute approximate surface area is 216 Å². The molecule has 1 atom stereocenters. The fraction of sp³-hybridized carbons (Fsp3) is 0.231. The predicted octanol–water partition coefficient (Wildman–Crippen LogP) is 6.91. The number of benzene rings is 3. The minimum absolute atomic E-state index is 0.291. The van der Waals surface area contributed by atoms with Gasteiger partial charge in [0.05, 0.1) is 28.9 Å². The van der Waals surface area contributed by atoms with Crippen molar-refractivity contribution in [3.8, 4) is 17.2 Å². The summed E-state index contributed by atoms with van der Waals surface area (Å²) in [7, 11) is 1.66. The van der Waals surface area contributed by atoms with Gasteiger partial charge in [0.2, 0.25) is 6.10 Å². The van der Waals surface area contributed by atoms with Crippen molar-refractivity contribution in [2.24, 2.45) is 5.16 Å². The summed E-state index contributed by atoms with van der Waals surface area (Å²) in [5, 5.41) is 3.89. The molecular weight excluding hydrogens is 566 g/mol. The number of halogens is 2. The molecule has 0 fully saturated rings. The molecule has 8 heteroatoms. The molecule has 0 saturated carbocycles. The second-order valence-electron chi connectivity index (χ2n) is 7.29. The van der Waals surface area contributed by atoms with Crippen LogP contribution in [0.25, 0.3) is 0 Å². The highest BCUT2D eigenvalue weighted by Gasteiger charge is 2.15. The van der Waals surface area contributed by atoms with Crippen molar-refractivity contribution in [3.05, 3.63) is 86.3 Å². The third kappa shape index (κ3) is 7.08. The second-order valence-corrected chi connectivity index (χ2v) is 8.99. The van der Waals surface area contributed by atoms with Gasteiger partial charge < -0.3 is 19.0 Å². The molecule has 1 unspecified atom stereocenters. The molecule has 0 amide bonds. The first kappa shape index (κ1) is 25.8. The maximum absolute atomic E-state index is 11.6. The molecule has 0 aromatic heterocycles. The highest BCUT2D eigenvalue weighted by atomic mass is 79.9. The van der Waals surface area contributed by atoms with Crippen LogP contribution in [0.15, 0.2) is 74.8 Å². The lowest BCUT2D eigenvalue weighted by molar-refractivity contribution is -0.155. The minimum Gasteiger partial charge on any atom is -0.496 e. The van der Waals surface area contributed by atoms with Crippen molar-refractivity contribution in [3.63, 3.8) is 0 Å². The summed E-state index contributed by atoms with van der Waals surface area (Å²) in [5.74, 6) is 1.64. The van der Waals surface area contributed by atoms with E-state index in [1.54, 1.807) is 21.0 Å². The zero-order valence-electron chi connectivity index (χ0n) is 19.1. The number of hydrogen-bond acceptors (Lipinski definition) is 6. The fourth-order valence-electron chi connectivity index (χ4n) is 3.13. The normalized spacial score (nSPS) is 11.8. The number of oxime groups is 1. The van der Waals surface area contributed by atoms with Crippen LogP contribution < -0.4 is 9.47 Å². The molecule has 0 N–H and O–H groups in total. The lowest BCUT2D eigenvalue weighted by Crippen LogP contribution is -2.21. The van der Waals surface area contributed by atoms with Crippen LogP contribution in [0.1, 0.15) is 30.5 Å². The molecule has 0 heterocycles. The van der Waals surface area contributed by atoms with Crippen LogP contribution in [-0.2, 0) is 20.8 Å². The highest BCUT2D eigenvalue weighted by Crippen LogP contribution is 2.38. The van der Waals surface area contributed by atoms with Crippen LogP contribution in [0.4, 0.5) is 0 Å². The van der Waals surface area contributed by atoms with Gasteiger partial charge in [0.1, 0.15) is 11.5 Å². The van der Waals surface area contributed by atoms with E-state index in [0.29, 0.717) is 18.1 Å². The van der Waals surface area contributed by atoms with Gasteiger partial charge in [-0.05, 0) is 87.2 Å². The standard InChI is InChI=1S/C26H25Br2NO5/c1-4-32-26(30)17(2)34-29-16-19-13-22(27)25(23(28)14-19)33-21-10-11-24(31-3)20(15-21)12-18-8-6-5-7-9-18/h5-11,13-17H,4,12H2,1-3H3/b29-16-. The van der Waals surface area contributed by atoms with Gasteiger partial charge in [0.25, 0.3) is 0 Å². The van der Waals surface area contributed by atoms with Crippen molar-refractivity contribution in [1.29, 1.82) is 0 Å². The van der Waals surface area contributed by atoms with Crippen LogP contribution >= 0.6 is 31.9 Å². The van der Waals surface area contributed by atoms with E-state index in [1.165, 1.54) is 11.8 Å². The Bertz CT molecular complexity index is 1130. The number of rotatable bonds is 10. The zero-order valence-corrected chi connectivity index (χ0v) is 22.3. The third-order valence-electron chi connectivity index (χ3n) is 4.77. The lowest BCUT2D eigenvalue weighted by Gasteiger charge is -2.14. The van der Waals surface area contributed by atoms with Crippen molar-refractivity contribution >= 4 is 44.0 Å². The topological polar surface area (TPSA) is 66.4 Å². The van der Waals surface area contributed by atoms with Gasteiger partial charge >= 0.3 is 5.97 Å². The summed E-state index contributed by atoms with van der Waals surface area (Å²) in [6, 6.07) is 19.6. The van der Waals surface area contributed by atoms with Gasteiger partial charge in [-0.15, -0.1) is 0 Å². The van der Waals surface area contributed by atoms with Gasteiger partial charge in [-0.3, -0.25) is 0 Å². The number of ether oxygens (including phenoxy) is 3. The van der Waals surface area contributed by atoms with Gasteiger partial charge in [-0.2, -0.15) is 0 Å². The molecule has 3 aromatic carbocycles. The van der Waals surface area contributed by atoms with Crippen LogP contribution in [0.2, 0.25) is 0 Å². The van der Waals surface area contributed by atoms with E-state index in [-0.39, 0.29) is 0 Å². The molecule has 3 aromatic rings. The monoisotopic (exact) mass is 589 g/mol. The van der Waals surface area contributed by atoms with Crippen LogP contribution in [-0.4, -0.2) is 32.0 Å². The zero-order chi connectivity index (χ0) is 24.5. The maximum Gasteiger partial charge on any atom is 0.349 e. The van der Waals surface area contributed by atoms with Gasteiger partial charge in [0, 0.05) is 12.0 Å². The molecule has 0 aliphatic heterocycles. The molecule has 0 radical (unpaired) electrons. The Kier molecular flexibility index (Phi) is 9.53. The first-order valence-electron chi connectivity index (χ1n) is 10.6. The second kappa shape index (κ2) is 12.6. The van der Waals surface area contributed by atoms with Crippen molar-refractivity contribution in [1.82, 2.24) is 0 Å². The number of methoxy groups -OCH3 is 1. The quantitative estimate of drug-likeness (QED) is 0.146. The molecule has 0 spiro atoms. The summed E-state index contributed by atoms with van der Waals surface area (Å²) >= 11 is 7.13. The first-order chi connectivity index (χ1) is 16.4. The summed E-state index contributed by atoms with van der Waals surface area (Å²) in [6.45, 7) is 3.61.